The first-order valence-corrected chi connectivity index (χ1v) is 14.2. The summed E-state index contributed by atoms with van der Waals surface area (Å²) in [5.41, 5.74) is 5.99. The van der Waals surface area contributed by atoms with E-state index in [4.69, 9.17) is 38.1 Å². The molecule has 3 heterocycles. The maximum absolute atomic E-state index is 13.5. The average Bonchev–Trinajstić information content (AvgIpc) is 3.52. The summed E-state index contributed by atoms with van der Waals surface area (Å²) in [5.74, 6) is 1.14. The molecule has 39 heavy (non-hydrogen) atoms. The third-order valence-electron chi connectivity index (χ3n) is 7.01. The van der Waals surface area contributed by atoms with Gasteiger partial charge in [0.2, 0.25) is 0 Å². The molecule has 8 nitrogen and oxygen atoms in total. The maximum Gasteiger partial charge on any atom is 0.416 e. The summed E-state index contributed by atoms with van der Waals surface area (Å²) in [6, 6.07) is 14.3. The molecule has 11 heteroatoms. The molecule has 2 aliphatic heterocycles. The smallest absolute Gasteiger partial charge is 0.416 e. The molecule has 1 aliphatic carbocycles. The number of nitrogens with zero attached hydrogens (tertiary/aromatic N) is 3. The summed E-state index contributed by atoms with van der Waals surface area (Å²) < 4.78 is 13.3. The second-order valence-electron chi connectivity index (χ2n) is 9.37. The molecule has 3 aromatic rings. The largest absolute Gasteiger partial charge is 0.492 e. The third-order valence-corrected chi connectivity index (χ3v) is 8.16. The van der Waals surface area contributed by atoms with Crippen LogP contribution in [0.1, 0.15) is 24.4 Å². The summed E-state index contributed by atoms with van der Waals surface area (Å²) in [7, 11) is 0. The molecule has 0 fully saturated rings. The minimum absolute atomic E-state index is 0.139. The predicted octanol–water partition coefficient (Wildman–Crippen LogP) is 5.78. The van der Waals surface area contributed by atoms with Crippen molar-refractivity contribution < 1.29 is 14.3 Å². The van der Waals surface area contributed by atoms with E-state index >= 15 is 0 Å². The number of amides is 1. The molecular weight excluding hydrogens is 557 g/mol. The summed E-state index contributed by atoms with van der Waals surface area (Å²) in [6.45, 7) is 1.38. The lowest BCUT2D eigenvalue weighted by Gasteiger charge is -2.36. The van der Waals surface area contributed by atoms with Gasteiger partial charge in [0.15, 0.2) is 4.80 Å². The standard InChI is InChI=1S/C28H25Cl2N5O3S/c29-18-3-8-21(9-4-18)38-28(36)34-12-11-22-23-15-19(30)5-10-24(23)33-25(22)26(34)17-1-6-20(7-2-17)37-14-13-35-27(31)39-16-32-35/h1-9,15-16,24,26,31,33H,10-14H2. The Morgan fingerprint density at radius 3 is 2.64 bits per heavy atom. The Morgan fingerprint density at radius 1 is 1.13 bits per heavy atom. The summed E-state index contributed by atoms with van der Waals surface area (Å²) >= 11 is 13.6. The van der Waals surface area contributed by atoms with E-state index in [-0.39, 0.29) is 12.1 Å². The molecule has 0 saturated heterocycles. The molecule has 2 aromatic carbocycles. The zero-order chi connectivity index (χ0) is 26.9. The fraction of sp³-hybridized carbons (Fsp3) is 0.250. The van der Waals surface area contributed by atoms with Crippen molar-refractivity contribution in [1.82, 2.24) is 20.0 Å². The van der Waals surface area contributed by atoms with Gasteiger partial charge in [0, 0.05) is 22.3 Å². The highest BCUT2D eigenvalue weighted by molar-refractivity contribution is 7.06. The third kappa shape index (κ3) is 5.34. The number of nitrogens with one attached hydrogen (secondary N) is 2. The van der Waals surface area contributed by atoms with Crippen molar-refractivity contribution in [2.24, 2.45) is 0 Å². The zero-order valence-corrected chi connectivity index (χ0v) is 23.1. The molecule has 2 N–H and O–H groups in total. The van der Waals surface area contributed by atoms with Crippen LogP contribution in [0.15, 0.2) is 88.1 Å². The molecule has 200 valence electrons. The van der Waals surface area contributed by atoms with Gasteiger partial charge in [-0.25, -0.2) is 9.48 Å². The van der Waals surface area contributed by atoms with E-state index < -0.39 is 6.09 Å². The van der Waals surface area contributed by atoms with Crippen LogP contribution >= 0.6 is 34.5 Å². The molecule has 1 amide bonds. The van der Waals surface area contributed by atoms with Gasteiger partial charge in [0.25, 0.3) is 0 Å². The SMILES string of the molecule is N=c1scnn1CCOc1ccc(C2C3=C(CCN2C(=O)Oc2ccc(Cl)cc2)C2=CC(Cl)=CCC2N3)cc1. The highest BCUT2D eigenvalue weighted by atomic mass is 35.5. The second kappa shape index (κ2) is 10.9. The molecule has 0 radical (unpaired) electrons. The quantitative estimate of drug-likeness (QED) is 0.385. The normalized spacial score (nSPS) is 20.0. The fourth-order valence-corrected chi connectivity index (χ4v) is 6.03. The van der Waals surface area contributed by atoms with Crippen molar-refractivity contribution in [1.29, 1.82) is 5.41 Å². The first-order valence-electron chi connectivity index (χ1n) is 12.6. The Kier molecular flexibility index (Phi) is 7.20. The van der Waals surface area contributed by atoms with Gasteiger partial charge in [-0.2, -0.15) is 5.10 Å². The molecule has 1 aromatic heterocycles. The number of ether oxygens (including phenoxy) is 2. The number of allylic oxidation sites excluding steroid dienone is 2. The average molecular weight is 583 g/mol. The van der Waals surface area contributed by atoms with Gasteiger partial charge in [0.1, 0.15) is 29.7 Å². The van der Waals surface area contributed by atoms with Crippen LogP contribution in [0, 0.1) is 5.41 Å². The highest BCUT2D eigenvalue weighted by Gasteiger charge is 2.42. The number of aromatic nitrogens is 2. The Morgan fingerprint density at radius 2 is 1.90 bits per heavy atom. The van der Waals surface area contributed by atoms with Crippen molar-refractivity contribution in [3.8, 4) is 11.5 Å². The number of carbonyl (C=O) groups is 1. The molecule has 3 aliphatic rings. The lowest BCUT2D eigenvalue weighted by atomic mass is 9.89. The van der Waals surface area contributed by atoms with Crippen LogP contribution in [-0.4, -0.2) is 40.0 Å². The van der Waals surface area contributed by atoms with E-state index in [1.807, 2.05) is 36.4 Å². The van der Waals surface area contributed by atoms with E-state index in [0.717, 1.165) is 22.7 Å². The van der Waals surface area contributed by atoms with Gasteiger partial charge in [0.05, 0.1) is 12.6 Å². The van der Waals surface area contributed by atoms with Gasteiger partial charge in [-0.05, 0) is 72.0 Å². The van der Waals surface area contributed by atoms with E-state index in [1.165, 1.54) is 22.5 Å². The van der Waals surface area contributed by atoms with Gasteiger partial charge in [-0.3, -0.25) is 10.3 Å². The Balaban J connectivity index is 1.26. The number of benzene rings is 2. The number of fused-ring (bicyclic) bond motifs is 2. The maximum atomic E-state index is 13.5. The van der Waals surface area contributed by atoms with E-state index in [1.54, 1.807) is 39.4 Å². The minimum atomic E-state index is -0.428. The van der Waals surface area contributed by atoms with Crippen LogP contribution in [-0.2, 0) is 6.54 Å². The summed E-state index contributed by atoms with van der Waals surface area (Å²) in [4.78, 5) is 15.6. The van der Waals surface area contributed by atoms with Crippen LogP contribution in [0.4, 0.5) is 4.79 Å². The summed E-state index contributed by atoms with van der Waals surface area (Å²) in [5, 5.41) is 17.0. The second-order valence-corrected chi connectivity index (χ2v) is 11.1. The first-order chi connectivity index (χ1) is 19.0. The number of rotatable bonds is 6. The Bertz CT molecular complexity index is 1540. The Labute approximate surface area is 239 Å². The van der Waals surface area contributed by atoms with Crippen molar-refractivity contribution in [3.63, 3.8) is 0 Å². The van der Waals surface area contributed by atoms with Gasteiger partial charge in [-0.15, -0.1) is 0 Å². The van der Waals surface area contributed by atoms with Crippen molar-refractivity contribution in [2.75, 3.05) is 13.2 Å². The van der Waals surface area contributed by atoms with Gasteiger partial charge < -0.3 is 14.8 Å². The van der Waals surface area contributed by atoms with Crippen LogP contribution in [0.3, 0.4) is 0 Å². The van der Waals surface area contributed by atoms with E-state index in [9.17, 15) is 4.79 Å². The van der Waals surface area contributed by atoms with Crippen molar-refractivity contribution in [3.05, 3.63) is 103 Å². The molecular formula is C28H25Cl2N5O3S. The number of hydrogen-bond acceptors (Lipinski definition) is 7. The van der Waals surface area contributed by atoms with Crippen molar-refractivity contribution in [2.45, 2.75) is 31.5 Å². The van der Waals surface area contributed by atoms with Crippen LogP contribution in [0.25, 0.3) is 0 Å². The van der Waals surface area contributed by atoms with Crippen LogP contribution in [0.2, 0.25) is 5.02 Å². The Hall–Kier alpha value is -3.53. The first kappa shape index (κ1) is 25.7. The molecule has 2 unspecified atom stereocenters. The molecule has 2 atom stereocenters. The lowest BCUT2D eigenvalue weighted by Crippen LogP contribution is -2.43. The topological polar surface area (TPSA) is 92.5 Å². The predicted molar refractivity (Wildman–Crippen MR) is 150 cm³/mol. The molecule has 0 bridgehead atoms. The molecule has 0 saturated carbocycles. The lowest BCUT2D eigenvalue weighted by molar-refractivity contribution is 0.134. The number of hydrogen-bond donors (Lipinski definition) is 2. The van der Waals surface area contributed by atoms with E-state index in [0.29, 0.717) is 47.4 Å². The summed E-state index contributed by atoms with van der Waals surface area (Å²) in [6.07, 6.45) is 5.12. The van der Waals surface area contributed by atoms with Gasteiger partial charge >= 0.3 is 6.09 Å². The highest BCUT2D eigenvalue weighted by Crippen LogP contribution is 2.44. The van der Waals surface area contributed by atoms with Crippen LogP contribution in [0.5, 0.6) is 11.5 Å². The fourth-order valence-electron chi connectivity index (χ4n) is 5.17. The molecule has 6 rings (SSSR count). The molecule has 0 spiro atoms. The van der Waals surface area contributed by atoms with Crippen molar-refractivity contribution >= 4 is 40.6 Å². The minimum Gasteiger partial charge on any atom is -0.492 e. The monoisotopic (exact) mass is 581 g/mol. The van der Waals surface area contributed by atoms with Crippen LogP contribution < -0.4 is 19.6 Å². The zero-order valence-electron chi connectivity index (χ0n) is 20.8. The number of carbonyl (C=O) groups excluding carboxylic acids is 1. The van der Waals surface area contributed by atoms with E-state index in [2.05, 4.69) is 10.4 Å². The number of halogens is 2. The van der Waals surface area contributed by atoms with Gasteiger partial charge in [-0.1, -0.05) is 52.7 Å².